The Morgan fingerprint density at radius 1 is 1.47 bits per heavy atom. The van der Waals surface area contributed by atoms with Crippen molar-refractivity contribution in [2.45, 2.75) is 30.7 Å². The van der Waals surface area contributed by atoms with E-state index >= 15 is 0 Å². The van der Waals surface area contributed by atoms with Crippen molar-refractivity contribution in [1.29, 1.82) is 0 Å². The molecule has 0 spiro atoms. The van der Waals surface area contributed by atoms with Crippen molar-refractivity contribution in [1.82, 2.24) is 4.72 Å². The molecule has 1 aliphatic rings. The first-order chi connectivity index (χ1) is 8.81. The summed E-state index contributed by atoms with van der Waals surface area (Å²) in [5, 5.41) is 8.75. The van der Waals surface area contributed by atoms with Crippen molar-refractivity contribution in [2.24, 2.45) is 5.92 Å². The van der Waals surface area contributed by atoms with E-state index in [0.717, 1.165) is 18.9 Å². The Bertz CT molecular complexity index is 610. The first kappa shape index (κ1) is 14.3. The molecule has 0 aromatic heterocycles. The van der Waals surface area contributed by atoms with Crippen molar-refractivity contribution in [3.63, 3.8) is 0 Å². The Morgan fingerprint density at radius 3 is 2.58 bits per heavy atom. The summed E-state index contributed by atoms with van der Waals surface area (Å²) in [6.45, 7) is 1.82. The van der Waals surface area contributed by atoms with Crippen molar-refractivity contribution >= 4 is 27.6 Å². The molecule has 1 aliphatic carbocycles. The summed E-state index contributed by atoms with van der Waals surface area (Å²) in [4.78, 5) is 10.8. The Labute approximate surface area is 116 Å². The number of carboxylic acid groups (broad SMARTS) is 1. The molecule has 1 aromatic rings. The number of carbonyl (C=O) groups is 1. The summed E-state index contributed by atoms with van der Waals surface area (Å²) in [5.41, 5.74) is -0.115. The molecule has 1 atom stereocenters. The number of aromatic carboxylic acids is 1. The van der Waals surface area contributed by atoms with Crippen molar-refractivity contribution in [2.75, 3.05) is 0 Å². The van der Waals surface area contributed by atoms with Gasteiger partial charge in [0.2, 0.25) is 10.0 Å². The van der Waals surface area contributed by atoms with Crippen molar-refractivity contribution < 1.29 is 18.3 Å². The van der Waals surface area contributed by atoms with Crippen LogP contribution in [0.5, 0.6) is 0 Å². The van der Waals surface area contributed by atoms with Crippen LogP contribution in [0.1, 0.15) is 30.1 Å². The molecule has 0 radical (unpaired) electrons. The lowest BCUT2D eigenvalue weighted by atomic mass is 10.2. The monoisotopic (exact) mass is 303 g/mol. The highest BCUT2D eigenvalue weighted by Gasteiger charge is 2.31. The van der Waals surface area contributed by atoms with E-state index in [1.807, 2.05) is 6.92 Å². The van der Waals surface area contributed by atoms with Gasteiger partial charge in [-0.25, -0.2) is 17.9 Å². The van der Waals surface area contributed by atoms with E-state index in [9.17, 15) is 13.2 Å². The quantitative estimate of drug-likeness (QED) is 0.872. The first-order valence-electron chi connectivity index (χ1n) is 5.86. The molecule has 1 saturated carbocycles. The van der Waals surface area contributed by atoms with Gasteiger partial charge in [0.05, 0.1) is 15.5 Å². The molecule has 5 nitrogen and oxygen atoms in total. The van der Waals surface area contributed by atoms with Gasteiger partial charge in [-0.1, -0.05) is 11.6 Å². The van der Waals surface area contributed by atoms with E-state index in [2.05, 4.69) is 4.72 Å². The fourth-order valence-electron chi connectivity index (χ4n) is 1.84. The average Bonchev–Trinajstić information content (AvgIpc) is 3.11. The molecular weight excluding hydrogens is 290 g/mol. The molecule has 1 aromatic carbocycles. The fraction of sp³-hybridized carbons (Fsp3) is 0.417. The van der Waals surface area contributed by atoms with E-state index in [1.165, 1.54) is 12.1 Å². The van der Waals surface area contributed by atoms with Crippen LogP contribution in [0.15, 0.2) is 23.1 Å². The van der Waals surface area contributed by atoms with Crippen LogP contribution in [0.25, 0.3) is 0 Å². The second-order valence-electron chi connectivity index (χ2n) is 4.69. The van der Waals surface area contributed by atoms with Gasteiger partial charge in [-0.05, 0) is 43.9 Å². The molecule has 0 bridgehead atoms. The lowest BCUT2D eigenvalue weighted by Crippen LogP contribution is -2.34. The Kier molecular flexibility index (Phi) is 3.85. The first-order valence-corrected chi connectivity index (χ1v) is 7.72. The molecule has 104 valence electrons. The second kappa shape index (κ2) is 5.11. The Balaban J connectivity index is 2.25. The van der Waals surface area contributed by atoms with Gasteiger partial charge in [-0.3, -0.25) is 0 Å². The third-order valence-electron chi connectivity index (χ3n) is 3.15. The summed E-state index contributed by atoms with van der Waals surface area (Å²) in [7, 11) is -3.66. The number of sulfonamides is 1. The summed E-state index contributed by atoms with van der Waals surface area (Å²) in [6.07, 6.45) is 2.06. The molecule has 7 heteroatoms. The van der Waals surface area contributed by atoms with Gasteiger partial charge in [0.1, 0.15) is 0 Å². The summed E-state index contributed by atoms with van der Waals surface area (Å²) in [6, 6.07) is 3.48. The molecule has 0 heterocycles. The van der Waals surface area contributed by atoms with Gasteiger partial charge in [-0.15, -0.1) is 0 Å². The fourth-order valence-corrected chi connectivity index (χ4v) is 3.51. The van der Waals surface area contributed by atoms with Crippen molar-refractivity contribution in [3.05, 3.63) is 28.8 Å². The lowest BCUT2D eigenvalue weighted by molar-refractivity contribution is 0.0697. The molecule has 2 rings (SSSR count). The number of rotatable bonds is 5. The molecular formula is C12H14ClNO4S. The van der Waals surface area contributed by atoms with E-state index in [1.54, 1.807) is 0 Å². The van der Waals surface area contributed by atoms with Crippen LogP contribution >= 0.6 is 11.6 Å². The number of halogens is 1. The predicted octanol–water partition coefficient (Wildman–Crippen LogP) is 2.12. The van der Waals surface area contributed by atoms with Crippen LogP contribution in [0.4, 0.5) is 0 Å². The zero-order valence-corrected chi connectivity index (χ0v) is 11.8. The van der Waals surface area contributed by atoms with Gasteiger partial charge >= 0.3 is 5.97 Å². The van der Waals surface area contributed by atoms with Crippen LogP contribution in [-0.2, 0) is 10.0 Å². The van der Waals surface area contributed by atoms with Gasteiger partial charge < -0.3 is 5.11 Å². The predicted molar refractivity (Wildman–Crippen MR) is 70.9 cm³/mol. The highest BCUT2D eigenvalue weighted by molar-refractivity contribution is 7.89. The molecule has 0 amide bonds. The van der Waals surface area contributed by atoms with Crippen LogP contribution in [0.2, 0.25) is 5.02 Å². The van der Waals surface area contributed by atoms with Gasteiger partial charge in [0.25, 0.3) is 0 Å². The highest BCUT2D eigenvalue weighted by atomic mass is 35.5. The molecule has 2 N–H and O–H groups in total. The maximum absolute atomic E-state index is 12.1. The summed E-state index contributed by atoms with van der Waals surface area (Å²) >= 11 is 5.77. The molecule has 1 unspecified atom stereocenters. The minimum atomic E-state index is -3.66. The normalized spacial score (nSPS) is 17.2. The number of carboxylic acids is 1. The maximum atomic E-state index is 12.1. The third kappa shape index (κ3) is 3.26. The van der Waals surface area contributed by atoms with Crippen LogP contribution in [0.3, 0.4) is 0 Å². The van der Waals surface area contributed by atoms with Crippen LogP contribution < -0.4 is 4.72 Å². The Morgan fingerprint density at radius 2 is 2.11 bits per heavy atom. The molecule has 1 fully saturated rings. The second-order valence-corrected chi connectivity index (χ2v) is 6.82. The molecule has 0 saturated heterocycles. The van der Waals surface area contributed by atoms with Gasteiger partial charge in [-0.2, -0.15) is 0 Å². The van der Waals surface area contributed by atoms with Crippen LogP contribution in [0, 0.1) is 5.92 Å². The largest absolute Gasteiger partial charge is 0.478 e. The van der Waals surface area contributed by atoms with E-state index in [0.29, 0.717) is 5.92 Å². The van der Waals surface area contributed by atoms with E-state index < -0.39 is 16.0 Å². The van der Waals surface area contributed by atoms with E-state index in [4.69, 9.17) is 16.7 Å². The highest BCUT2D eigenvalue weighted by Crippen LogP contribution is 2.33. The number of nitrogens with one attached hydrogen (secondary N) is 1. The number of hydrogen-bond acceptors (Lipinski definition) is 3. The average molecular weight is 304 g/mol. The number of benzene rings is 1. The zero-order chi connectivity index (χ0) is 14.2. The summed E-state index contributed by atoms with van der Waals surface area (Å²) < 4.78 is 26.8. The minimum Gasteiger partial charge on any atom is -0.478 e. The topological polar surface area (TPSA) is 83.5 Å². The van der Waals surface area contributed by atoms with E-state index in [-0.39, 0.29) is 21.5 Å². The zero-order valence-electron chi connectivity index (χ0n) is 10.3. The summed E-state index contributed by atoms with van der Waals surface area (Å²) in [5.74, 6) is -0.795. The minimum absolute atomic E-state index is 0.0185. The third-order valence-corrected chi connectivity index (χ3v) is 5.02. The SMILES string of the molecule is CC(NS(=O)(=O)c1ccc(C(=O)O)c(Cl)c1)C1CC1. The van der Waals surface area contributed by atoms with Crippen molar-refractivity contribution in [3.8, 4) is 0 Å². The molecule has 0 aliphatic heterocycles. The van der Waals surface area contributed by atoms with Gasteiger partial charge in [0.15, 0.2) is 0 Å². The standard InChI is InChI=1S/C12H14ClNO4S/c1-7(8-2-3-8)14-19(17,18)9-4-5-10(12(15)16)11(13)6-9/h4-8,14H,2-3H2,1H3,(H,15,16). The molecule has 19 heavy (non-hydrogen) atoms. The smallest absolute Gasteiger partial charge is 0.337 e. The van der Waals surface area contributed by atoms with Gasteiger partial charge in [0, 0.05) is 6.04 Å². The van der Waals surface area contributed by atoms with Crippen LogP contribution in [-0.4, -0.2) is 25.5 Å². The Hall–Kier alpha value is -1.11. The number of hydrogen-bond donors (Lipinski definition) is 2. The maximum Gasteiger partial charge on any atom is 0.337 e. The lowest BCUT2D eigenvalue weighted by Gasteiger charge is -2.13.